The molecule has 0 aromatic carbocycles. The second-order valence-electron chi connectivity index (χ2n) is 6.21. The van der Waals surface area contributed by atoms with Crippen molar-refractivity contribution in [2.45, 2.75) is 19.9 Å². The average molecular weight is 324 g/mol. The van der Waals surface area contributed by atoms with Crippen LogP contribution in [0, 0.1) is 17.2 Å². The monoisotopic (exact) mass is 324 g/mol. The molecule has 2 aromatic heterocycles. The fourth-order valence-electron chi connectivity index (χ4n) is 2.85. The number of aromatic nitrogens is 3. The van der Waals surface area contributed by atoms with Gasteiger partial charge in [0.1, 0.15) is 11.9 Å². The van der Waals surface area contributed by atoms with Gasteiger partial charge in [0.15, 0.2) is 11.4 Å². The summed E-state index contributed by atoms with van der Waals surface area (Å²) in [6.45, 7) is 6.54. The SMILES string of the molecule is CC(C)[C@H]1CN(c2nc(-c3ccncc3)[nH]c(=O)c2C#N)CCN1. The largest absolute Gasteiger partial charge is 0.352 e. The van der Waals surface area contributed by atoms with Crippen molar-refractivity contribution in [3.8, 4) is 17.5 Å². The minimum atomic E-state index is -0.408. The van der Waals surface area contributed by atoms with Crippen molar-refractivity contribution in [1.29, 1.82) is 5.26 Å². The van der Waals surface area contributed by atoms with E-state index in [4.69, 9.17) is 0 Å². The lowest BCUT2D eigenvalue weighted by Crippen LogP contribution is -2.53. The van der Waals surface area contributed by atoms with Gasteiger partial charge < -0.3 is 15.2 Å². The van der Waals surface area contributed by atoms with E-state index < -0.39 is 5.56 Å². The fraction of sp³-hybridized carbons (Fsp3) is 0.412. The first-order chi connectivity index (χ1) is 11.6. The average Bonchev–Trinajstić information content (AvgIpc) is 2.62. The van der Waals surface area contributed by atoms with Crippen molar-refractivity contribution >= 4 is 5.82 Å². The lowest BCUT2D eigenvalue weighted by Gasteiger charge is -2.36. The topological polar surface area (TPSA) is 97.7 Å². The summed E-state index contributed by atoms with van der Waals surface area (Å²) in [6.07, 6.45) is 3.29. The molecular weight excluding hydrogens is 304 g/mol. The molecule has 1 aliphatic rings. The van der Waals surface area contributed by atoms with E-state index in [1.54, 1.807) is 24.5 Å². The molecule has 0 bridgehead atoms. The molecule has 1 saturated heterocycles. The second-order valence-corrected chi connectivity index (χ2v) is 6.21. The van der Waals surface area contributed by atoms with Gasteiger partial charge in [0.25, 0.3) is 5.56 Å². The highest BCUT2D eigenvalue weighted by Gasteiger charge is 2.26. The third-order valence-corrected chi connectivity index (χ3v) is 4.28. The number of piperazine rings is 1. The highest BCUT2D eigenvalue weighted by molar-refractivity contribution is 5.61. The first kappa shape index (κ1) is 16.1. The molecule has 2 aromatic rings. The highest BCUT2D eigenvalue weighted by Crippen LogP contribution is 2.21. The first-order valence-corrected chi connectivity index (χ1v) is 8.03. The van der Waals surface area contributed by atoms with Gasteiger partial charge in [-0.3, -0.25) is 9.78 Å². The highest BCUT2D eigenvalue weighted by atomic mass is 16.1. The van der Waals surface area contributed by atoms with Crippen LogP contribution in [0.5, 0.6) is 0 Å². The van der Waals surface area contributed by atoms with Crippen LogP contribution in [0.1, 0.15) is 19.4 Å². The van der Waals surface area contributed by atoms with Gasteiger partial charge >= 0.3 is 0 Å². The maximum absolute atomic E-state index is 12.3. The molecule has 1 atom stereocenters. The third-order valence-electron chi connectivity index (χ3n) is 4.28. The van der Waals surface area contributed by atoms with E-state index >= 15 is 0 Å². The summed E-state index contributed by atoms with van der Waals surface area (Å²) >= 11 is 0. The Balaban J connectivity index is 2.04. The van der Waals surface area contributed by atoms with Gasteiger partial charge in [-0.2, -0.15) is 5.26 Å². The van der Waals surface area contributed by atoms with E-state index in [9.17, 15) is 10.1 Å². The predicted molar refractivity (Wildman–Crippen MR) is 91.6 cm³/mol. The van der Waals surface area contributed by atoms with Crippen molar-refractivity contribution < 1.29 is 0 Å². The number of pyridine rings is 1. The normalized spacial score (nSPS) is 17.8. The number of nitrogens with zero attached hydrogens (tertiary/aromatic N) is 4. The van der Waals surface area contributed by atoms with Gasteiger partial charge in [-0.1, -0.05) is 13.8 Å². The van der Waals surface area contributed by atoms with Crippen LogP contribution >= 0.6 is 0 Å². The molecule has 0 unspecified atom stereocenters. The summed E-state index contributed by atoms with van der Waals surface area (Å²) < 4.78 is 0. The maximum atomic E-state index is 12.3. The molecule has 0 amide bonds. The molecular formula is C17H20N6O. The Morgan fingerprint density at radius 3 is 2.79 bits per heavy atom. The molecule has 0 radical (unpaired) electrons. The smallest absolute Gasteiger partial charge is 0.271 e. The standard InChI is InChI=1S/C17H20N6O/c1-11(2)14-10-23(8-7-20-14)16-13(9-18)17(24)22-15(21-16)12-3-5-19-6-4-12/h3-6,11,14,20H,7-8,10H2,1-2H3,(H,21,22,24)/t14-/m1/s1. The van der Waals surface area contributed by atoms with Crippen molar-refractivity contribution in [2.24, 2.45) is 5.92 Å². The fourth-order valence-corrected chi connectivity index (χ4v) is 2.85. The Morgan fingerprint density at radius 2 is 2.12 bits per heavy atom. The van der Waals surface area contributed by atoms with E-state index in [1.165, 1.54) is 0 Å². The molecule has 0 saturated carbocycles. The van der Waals surface area contributed by atoms with E-state index in [0.29, 0.717) is 30.1 Å². The first-order valence-electron chi connectivity index (χ1n) is 8.03. The van der Waals surface area contributed by atoms with Gasteiger partial charge in [0.05, 0.1) is 0 Å². The summed E-state index contributed by atoms with van der Waals surface area (Å²) in [7, 11) is 0. The summed E-state index contributed by atoms with van der Waals surface area (Å²) in [5, 5.41) is 12.9. The molecule has 1 aliphatic heterocycles. The zero-order chi connectivity index (χ0) is 17.1. The second kappa shape index (κ2) is 6.81. The van der Waals surface area contributed by atoms with E-state index in [0.717, 1.165) is 18.7 Å². The Labute approximate surface area is 140 Å². The molecule has 0 aliphatic carbocycles. The molecule has 24 heavy (non-hydrogen) atoms. The van der Waals surface area contributed by atoms with Crippen LogP contribution in [0.2, 0.25) is 0 Å². The molecule has 0 spiro atoms. The summed E-state index contributed by atoms with van der Waals surface area (Å²) in [5.41, 5.74) is 0.425. The van der Waals surface area contributed by atoms with E-state index in [1.807, 2.05) is 11.0 Å². The van der Waals surface area contributed by atoms with Gasteiger partial charge in [-0.25, -0.2) is 4.98 Å². The van der Waals surface area contributed by atoms with Crippen LogP contribution in [0.15, 0.2) is 29.3 Å². The zero-order valence-corrected chi connectivity index (χ0v) is 13.8. The van der Waals surface area contributed by atoms with Gasteiger partial charge in [0, 0.05) is 43.6 Å². The third kappa shape index (κ3) is 3.14. The van der Waals surface area contributed by atoms with Crippen LogP contribution in [-0.4, -0.2) is 40.6 Å². The number of nitrogens with one attached hydrogen (secondary N) is 2. The summed E-state index contributed by atoms with van der Waals surface area (Å²) in [5.74, 6) is 1.37. The predicted octanol–water partition coefficient (Wildman–Crippen LogP) is 1.14. The number of aromatic amines is 1. The van der Waals surface area contributed by atoms with E-state index in [2.05, 4.69) is 34.1 Å². The number of hydrogen-bond donors (Lipinski definition) is 2. The molecule has 1 fully saturated rings. The molecule has 7 heteroatoms. The zero-order valence-electron chi connectivity index (χ0n) is 13.8. The molecule has 124 valence electrons. The van der Waals surface area contributed by atoms with Crippen molar-refractivity contribution in [3.05, 3.63) is 40.4 Å². The quantitative estimate of drug-likeness (QED) is 0.878. The number of nitriles is 1. The van der Waals surface area contributed by atoms with Gasteiger partial charge in [0.2, 0.25) is 0 Å². The lowest BCUT2D eigenvalue weighted by atomic mass is 10.0. The number of H-pyrrole nitrogens is 1. The minimum absolute atomic E-state index is 0.0669. The molecule has 2 N–H and O–H groups in total. The number of hydrogen-bond acceptors (Lipinski definition) is 6. The van der Waals surface area contributed by atoms with Crippen LogP contribution in [0.3, 0.4) is 0 Å². The van der Waals surface area contributed by atoms with Crippen LogP contribution < -0.4 is 15.8 Å². The number of anilines is 1. The Hall–Kier alpha value is -2.72. The van der Waals surface area contributed by atoms with Crippen molar-refractivity contribution in [1.82, 2.24) is 20.3 Å². The Bertz CT molecular complexity index is 808. The Kier molecular flexibility index (Phi) is 4.58. The van der Waals surface area contributed by atoms with Gasteiger partial charge in [-0.05, 0) is 18.1 Å². The lowest BCUT2D eigenvalue weighted by molar-refractivity contribution is 0.367. The minimum Gasteiger partial charge on any atom is -0.352 e. The summed E-state index contributed by atoms with van der Waals surface area (Å²) in [6, 6.07) is 5.87. The van der Waals surface area contributed by atoms with Crippen molar-refractivity contribution in [3.63, 3.8) is 0 Å². The molecule has 3 rings (SSSR count). The van der Waals surface area contributed by atoms with E-state index in [-0.39, 0.29) is 5.56 Å². The van der Waals surface area contributed by atoms with Gasteiger partial charge in [-0.15, -0.1) is 0 Å². The van der Waals surface area contributed by atoms with Crippen molar-refractivity contribution in [2.75, 3.05) is 24.5 Å². The molecule has 7 nitrogen and oxygen atoms in total. The summed E-state index contributed by atoms with van der Waals surface area (Å²) in [4.78, 5) is 25.6. The maximum Gasteiger partial charge on any atom is 0.271 e. The Morgan fingerprint density at radius 1 is 1.38 bits per heavy atom. The van der Waals surface area contributed by atoms with Crippen LogP contribution in [0.4, 0.5) is 5.82 Å². The van der Waals surface area contributed by atoms with Crippen LogP contribution in [0.25, 0.3) is 11.4 Å². The molecule has 3 heterocycles. The number of rotatable bonds is 3. The van der Waals surface area contributed by atoms with Crippen LogP contribution in [-0.2, 0) is 0 Å².